The van der Waals surface area contributed by atoms with Crippen molar-refractivity contribution in [2.24, 2.45) is 0 Å². The quantitative estimate of drug-likeness (QED) is 0.0261. The Morgan fingerprint density at radius 2 is 0.494 bits per heavy atom. The van der Waals surface area contributed by atoms with Gasteiger partial charge < -0.3 is 14.2 Å². The molecule has 0 aromatic rings. The lowest BCUT2D eigenvalue weighted by atomic mass is 10.0. The third-order valence-corrected chi connectivity index (χ3v) is 16.2. The summed E-state index contributed by atoms with van der Waals surface area (Å²) < 4.78 is 17.0. The zero-order valence-corrected chi connectivity index (χ0v) is 53.4. The highest BCUT2D eigenvalue weighted by molar-refractivity contribution is 5.71. The van der Waals surface area contributed by atoms with Gasteiger partial charge in [0, 0.05) is 19.3 Å². The molecule has 0 fully saturated rings. The molecule has 0 N–H and O–H groups in total. The molecule has 0 aromatic heterocycles. The van der Waals surface area contributed by atoms with Crippen molar-refractivity contribution in [1.82, 2.24) is 0 Å². The van der Waals surface area contributed by atoms with E-state index in [9.17, 15) is 14.4 Å². The Kier molecular flexibility index (Phi) is 66.1. The van der Waals surface area contributed by atoms with Gasteiger partial charge in [0.2, 0.25) is 0 Å². The van der Waals surface area contributed by atoms with E-state index in [1.54, 1.807) is 0 Å². The molecule has 0 aliphatic carbocycles. The van der Waals surface area contributed by atoms with Gasteiger partial charge in [0.1, 0.15) is 13.2 Å². The third-order valence-electron chi connectivity index (χ3n) is 16.2. The van der Waals surface area contributed by atoms with Crippen LogP contribution in [-0.2, 0) is 28.6 Å². The molecule has 0 saturated carbocycles. The van der Waals surface area contributed by atoms with Crippen LogP contribution in [0.15, 0.2) is 36.5 Å². The van der Waals surface area contributed by atoms with Gasteiger partial charge in [-0.15, -0.1) is 0 Å². The van der Waals surface area contributed by atoms with Crippen LogP contribution < -0.4 is 0 Å². The standard InChI is InChI=1S/C73H136O6/c1-4-7-10-13-16-19-22-25-28-30-31-32-33-34-35-36-37-38-39-40-41-43-45-48-51-54-57-60-63-66-72(75)78-69-70(68-77-71(74)65-62-59-56-53-50-47-44-27-24-21-18-15-12-9-6-3)79-73(76)67-64-61-58-55-52-49-46-42-29-26-23-20-17-14-11-8-5-2/h9,12,18,21,27,44,70H,4-8,10-11,13-17,19-20,22-26,28-43,45-69H2,1-3H3/b12-9-,21-18-,44-27-. The molecule has 0 saturated heterocycles. The normalized spacial score (nSPS) is 12.2. The Labute approximate surface area is 493 Å². The van der Waals surface area contributed by atoms with E-state index in [0.717, 1.165) is 96.3 Å². The molecule has 6 nitrogen and oxygen atoms in total. The maximum absolute atomic E-state index is 12.9. The SMILES string of the molecule is CC/C=C\C/C=C\C/C=C\CCCCCCCC(=O)OCC(COC(=O)CCCCCCCCCCCCCCCCCCCCCCCCCCCCCCC)OC(=O)CCCCCCCCCCCCCCCCCCC. The molecular formula is C73H136O6. The van der Waals surface area contributed by atoms with Crippen LogP contribution in [0.25, 0.3) is 0 Å². The number of hydrogen-bond donors (Lipinski definition) is 0. The van der Waals surface area contributed by atoms with Crippen molar-refractivity contribution in [3.8, 4) is 0 Å². The fraction of sp³-hybridized carbons (Fsp3) is 0.877. The Morgan fingerprint density at radius 1 is 0.266 bits per heavy atom. The van der Waals surface area contributed by atoms with Crippen molar-refractivity contribution >= 4 is 17.9 Å². The summed E-state index contributed by atoms with van der Waals surface area (Å²) in [5, 5.41) is 0. The molecule has 0 radical (unpaired) electrons. The Bertz CT molecular complexity index is 1320. The smallest absolute Gasteiger partial charge is 0.306 e. The van der Waals surface area contributed by atoms with E-state index in [4.69, 9.17) is 14.2 Å². The zero-order valence-electron chi connectivity index (χ0n) is 53.4. The molecule has 464 valence electrons. The number of carbonyl (C=O) groups is 3. The third kappa shape index (κ3) is 66.3. The van der Waals surface area contributed by atoms with Gasteiger partial charge >= 0.3 is 17.9 Å². The fourth-order valence-corrected chi connectivity index (χ4v) is 10.9. The van der Waals surface area contributed by atoms with Gasteiger partial charge in [0.25, 0.3) is 0 Å². The molecule has 1 atom stereocenters. The number of allylic oxidation sites excluding steroid dienone is 6. The molecular weight excluding hydrogens is 973 g/mol. The predicted octanol–water partition coefficient (Wildman–Crippen LogP) is 24.3. The van der Waals surface area contributed by atoms with Gasteiger partial charge in [-0.2, -0.15) is 0 Å². The number of hydrogen-bond acceptors (Lipinski definition) is 6. The highest BCUT2D eigenvalue weighted by Gasteiger charge is 2.19. The molecule has 0 aliphatic heterocycles. The number of carbonyl (C=O) groups excluding carboxylic acids is 3. The first-order valence-electron chi connectivity index (χ1n) is 35.5. The first kappa shape index (κ1) is 76.6. The maximum atomic E-state index is 12.9. The Balaban J connectivity index is 4.18. The van der Waals surface area contributed by atoms with E-state index in [1.165, 1.54) is 257 Å². The van der Waals surface area contributed by atoms with E-state index in [2.05, 4.69) is 57.2 Å². The summed E-state index contributed by atoms with van der Waals surface area (Å²) in [5.74, 6) is -0.860. The Morgan fingerprint density at radius 3 is 0.772 bits per heavy atom. The molecule has 0 amide bonds. The lowest BCUT2D eigenvalue weighted by molar-refractivity contribution is -0.167. The van der Waals surface area contributed by atoms with Gasteiger partial charge in [-0.3, -0.25) is 14.4 Å². The first-order chi connectivity index (χ1) is 39.0. The highest BCUT2D eigenvalue weighted by Crippen LogP contribution is 2.19. The minimum atomic E-state index is -0.777. The number of unbranched alkanes of at least 4 members (excludes halogenated alkanes) is 49. The van der Waals surface area contributed by atoms with Gasteiger partial charge in [0.05, 0.1) is 0 Å². The molecule has 6 heteroatoms. The van der Waals surface area contributed by atoms with Crippen molar-refractivity contribution in [1.29, 1.82) is 0 Å². The predicted molar refractivity (Wildman–Crippen MR) is 344 cm³/mol. The van der Waals surface area contributed by atoms with Crippen molar-refractivity contribution in [3.05, 3.63) is 36.5 Å². The highest BCUT2D eigenvalue weighted by atomic mass is 16.6. The van der Waals surface area contributed by atoms with Crippen LogP contribution >= 0.6 is 0 Å². The molecule has 0 rings (SSSR count). The number of esters is 3. The maximum Gasteiger partial charge on any atom is 0.306 e. The van der Waals surface area contributed by atoms with Crippen LogP contribution in [0, 0.1) is 0 Å². The summed E-state index contributed by atoms with van der Waals surface area (Å²) in [5.41, 5.74) is 0. The summed E-state index contributed by atoms with van der Waals surface area (Å²) in [6.07, 6.45) is 84.7. The van der Waals surface area contributed by atoms with E-state index < -0.39 is 6.10 Å². The van der Waals surface area contributed by atoms with Crippen molar-refractivity contribution in [2.45, 2.75) is 399 Å². The topological polar surface area (TPSA) is 78.9 Å². The average Bonchev–Trinajstić information content (AvgIpc) is 3.45. The summed E-state index contributed by atoms with van der Waals surface area (Å²) in [4.78, 5) is 38.4. The van der Waals surface area contributed by atoms with Crippen LogP contribution in [0.4, 0.5) is 0 Å². The second kappa shape index (κ2) is 68.1. The molecule has 79 heavy (non-hydrogen) atoms. The first-order valence-corrected chi connectivity index (χ1v) is 35.5. The molecule has 0 aliphatic rings. The molecule has 0 aromatic carbocycles. The van der Waals surface area contributed by atoms with Crippen LogP contribution in [0.2, 0.25) is 0 Å². The van der Waals surface area contributed by atoms with E-state index in [-0.39, 0.29) is 31.1 Å². The second-order valence-electron chi connectivity index (χ2n) is 24.1. The fourth-order valence-electron chi connectivity index (χ4n) is 10.9. The van der Waals surface area contributed by atoms with Crippen LogP contribution in [0.1, 0.15) is 393 Å². The van der Waals surface area contributed by atoms with Crippen molar-refractivity contribution < 1.29 is 28.6 Å². The summed E-state index contributed by atoms with van der Waals surface area (Å²) >= 11 is 0. The summed E-state index contributed by atoms with van der Waals surface area (Å²) in [6, 6.07) is 0. The van der Waals surface area contributed by atoms with Crippen LogP contribution in [0.5, 0.6) is 0 Å². The molecule has 0 spiro atoms. The monoisotopic (exact) mass is 1110 g/mol. The van der Waals surface area contributed by atoms with Crippen LogP contribution in [-0.4, -0.2) is 37.2 Å². The van der Waals surface area contributed by atoms with Crippen LogP contribution in [0.3, 0.4) is 0 Å². The second-order valence-corrected chi connectivity index (χ2v) is 24.1. The van der Waals surface area contributed by atoms with Gasteiger partial charge in [-0.05, 0) is 51.4 Å². The Hall–Kier alpha value is -2.37. The molecule has 0 bridgehead atoms. The van der Waals surface area contributed by atoms with E-state index in [1.807, 2.05) is 0 Å². The molecule has 1 unspecified atom stereocenters. The summed E-state index contributed by atoms with van der Waals surface area (Å²) in [7, 11) is 0. The zero-order chi connectivity index (χ0) is 57.1. The lowest BCUT2D eigenvalue weighted by Gasteiger charge is -2.18. The van der Waals surface area contributed by atoms with E-state index in [0.29, 0.717) is 19.3 Å². The largest absolute Gasteiger partial charge is 0.462 e. The molecule has 0 heterocycles. The number of ether oxygens (including phenoxy) is 3. The van der Waals surface area contributed by atoms with Gasteiger partial charge in [0.15, 0.2) is 6.10 Å². The van der Waals surface area contributed by atoms with Crippen molar-refractivity contribution in [3.63, 3.8) is 0 Å². The number of rotatable bonds is 66. The minimum absolute atomic E-state index is 0.0719. The van der Waals surface area contributed by atoms with Crippen molar-refractivity contribution in [2.75, 3.05) is 13.2 Å². The summed E-state index contributed by atoms with van der Waals surface area (Å²) in [6.45, 7) is 6.59. The lowest BCUT2D eigenvalue weighted by Crippen LogP contribution is -2.30. The average molecular weight is 1110 g/mol. The van der Waals surface area contributed by atoms with E-state index >= 15 is 0 Å². The van der Waals surface area contributed by atoms with Gasteiger partial charge in [-0.25, -0.2) is 0 Å². The minimum Gasteiger partial charge on any atom is -0.462 e. The van der Waals surface area contributed by atoms with Gasteiger partial charge in [-0.1, -0.05) is 359 Å².